The second-order valence-electron chi connectivity index (χ2n) is 5.40. The van der Waals surface area contributed by atoms with Crippen LogP contribution < -0.4 is 0 Å². The zero-order valence-corrected chi connectivity index (χ0v) is 16.5. The van der Waals surface area contributed by atoms with Gasteiger partial charge in [-0.25, -0.2) is 0 Å². The van der Waals surface area contributed by atoms with Gasteiger partial charge >= 0.3 is 0 Å². The maximum absolute atomic E-state index is 12.6. The van der Waals surface area contributed by atoms with E-state index in [4.69, 9.17) is 16.0 Å². The summed E-state index contributed by atoms with van der Waals surface area (Å²) in [7, 11) is 1.85. The predicted molar refractivity (Wildman–Crippen MR) is 104 cm³/mol. The number of carbonyl (C=O) groups is 1. The molecule has 3 aromatic heterocycles. The highest BCUT2D eigenvalue weighted by Crippen LogP contribution is 2.25. The molecule has 0 N–H and O–H groups in total. The number of hydrogen-bond donors (Lipinski definition) is 0. The van der Waals surface area contributed by atoms with Crippen molar-refractivity contribution in [1.29, 1.82) is 0 Å². The van der Waals surface area contributed by atoms with Crippen LogP contribution >= 0.6 is 34.7 Å². The normalized spacial score (nSPS) is 10.8. The van der Waals surface area contributed by atoms with Crippen molar-refractivity contribution in [3.8, 4) is 11.6 Å². The molecule has 3 aromatic rings. The van der Waals surface area contributed by atoms with Gasteiger partial charge in [-0.2, -0.15) is 0 Å². The quantitative estimate of drug-likeness (QED) is 0.414. The molecule has 0 aliphatic heterocycles. The molecule has 0 saturated heterocycles. The Hall–Kier alpha value is -2.03. The van der Waals surface area contributed by atoms with E-state index in [2.05, 4.69) is 16.8 Å². The summed E-state index contributed by atoms with van der Waals surface area (Å²) in [6.07, 6.45) is 3.31. The van der Waals surface area contributed by atoms with Gasteiger partial charge in [0.25, 0.3) is 0 Å². The SMILES string of the molecule is C=CCN(Cc1ccc(Cl)s1)C(=O)CSc1nnc(-c2ccco2)n1C. The third-order valence-corrected chi connectivity index (χ3v) is 5.80. The first-order valence-corrected chi connectivity index (χ1v) is 9.95. The van der Waals surface area contributed by atoms with Gasteiger partial charge in [-0.1, -0.05) is 29.4 Å². The average Bonchev–Trinajstić information content (AvgIpc) is 3.34. The predicted octanol–water partition coefficient (Wildman–Crippen LogP) is 4.10. The molecule has 0 aliphatic rings. The van der Waals surface area contributed by atoms with Crippen LogP contribution in [0, 0.1) is 0 Å². The molecule has 0 radical (unpaired) electrons. The second-order valence-corrected chi connectivity index (χ2v) is 8.14. The summed E-state index contributed by atoms with van der Waals surface area (Å²) in [5.41, 5.74) is 0. The summed E-state index contributed by atoms with van der Waals surface area (Å²) in [5, 5.41) is 8.93. The number of thiophene rings is 1. The van der Waals surface area contributed by atoms with Crippen molar-refractivity contribution in [2.24, 2.45) is 7.05 Å². The van der Waals surface area contributed by atoms with E-state index in [9.17, 15) is 4.79 Å². The topological polar surface area (TPSA) is 64.2 Å². The highest BCUT2D eigenvalue weighted by Gasteiger charge is 2.18. The van der Waals surface area contributed by atoms with Crippen LogP contribution in [0.2, 0.25) is 4.34 Å². The van der Waals surface area contributed by atoms with Crippen molar-refractivity contribution in [3.63, 3.8) is 0 Å². The molecule has 0 fully saturated rings. The highest BCUT2D eigenvalue weighted by atomic mass is 35.5. The van der Waals surface area contributed by atoms with Crippen LogP contribution in [0.15, 0.2) is 52.8 Å². The number of carbonyl (C=O) groups excluding carboxylic acids is 1. The molecule has 1 amide bonds. The van der Waals surface area contributed by atoms with Crippen molar-refractivity contribution in [1.82, 2.24) is 19.7 Å². The Labute approximate surface area is 164 Å². The molecule has 0 spiro atoms. The third kappa shape index (κ3) is 4.38. The molecule has 3 rings (SSSR count). The number of furan rings is 1. The number of rotatable bonds is 8. The lowest BCUT2D eigenvalue weighted by atomic mass is 10.4. The fraction of sp³-hybridized carbons (Fsp3) is 0.235. The van der Waals surface area contributed by atoms with Crippen molar-refractivity contribution < 1.29 is 9.21 Å². The smallest absolute Gasteiger partial charge is 0.233 e. The maximum atomic E-state index is 12.6. The molecule has 3 heterocycles. The summed E-state index contributed by atoms with van der Waals surface area (Å²) in [6.45, 7) is 4.72. The van der Waals surface area contributed by atoms with Crippen LogP contribution in [-0.2, 0) is 18.4 Å². The largest absolute Gasteiger partial charge is 0.461 e. The summed E-state index contributed by atoms with van der Waals surface area (Å²) < 4.78 is 7.88. The second kappa shape index (κ2) is 8.57. The van der Waals surface area contributed by atoms with Crippen LogP contribution in [0.4, 0.5) is 0 Å². The lowest BCUT2D eigenvalue weighted by Crippen LogP contribution is -2.31. The first-order valence-electron chi connectivity index (χ1n) is 7.77. The number of hydrogen-bond acceptors (Lipinski definition) is 6. The van der Waals surface area contributed by atoms with Crippen molar-refractivity contribution in [2.75, 3.05) is 12.3 Å². The molecule has 0 atom stereocenters. The number of aromatic nitrogens is 3. The van der Waals surface area contributed by atoms with E-state index in [0.717, 1.165) is 4.88 Å². The minimum absolute atomic E-state index is 0.00183. The number of thioether (sulfide) groups is 1. The van der Waals surface area contributed by atoms with Gasteiger partial charge in [0.2, 0.25) is 5.91 Å². The molecule has 26 heavy (non-hydrogen) atoms. The Morgan fingerprint density at radius 3 is 2.96 bits per heavy atom. The highest BCUT2D eigenvalue weighted by molar-refractivity contribution is 7.99. The van der Waals surface area contributed by atoms with Crippen molar-refractivity contribution in [2.45, 2.75) is 11.7 Å². The zero-order chi connectivity index (χ0) is 18.5. The van der Waals surface area contributed by atoms with Crippen molar-refractivity contribution in [3.05, 3.63) is 52.4 Å². The van der Waals surface area contributed by atoms with Crippen LogP contribution in [0.3, 0.4) is 0 Å². The zero-order valence-electron chi connectivity index (χ0n) is 14.1. The van der Waals surface area contributed by atoms with Gasteiger partial charge in [0, 0.05) is 18.5 Å². The number of nitrogens with zero attached hydrogens (tertiary/aromatic N) is 4. The van der Waals surface area contributed by atoms with E-state index >= 15 is 0 Å². The number of halogens is 1. The van der Waals surface area contributed by atoms with Crippen LogP contribution in [0.25, 0.3) is 11.6 Å². The van der Waals surface area contributed by atoms with Gasteiger partial charge in [-0.3, -0.25) is 4.79 Å². The summed E-state index contributed by atoms with van der Waals surface area (Å²) in [4.78, 5) is 15.4. The maximum Gasteiger partial charge on any atom is 0.233 e. The Morgan fingerprint density at radius 2 is 2.31 bits per heavy atom. The van der Waals surface area contributed by atoms with Gasteiger partial charge in [0.05, 0.1) is 22.9 Å². The van der Waals surface area contributed by atoms with Gasteiger partial charge in [-0.15, -0.1) is 28.1 Å². The summed E-state index contributed by atoms with van der Waals surface area (Å²) >= 11 is 8.78. The standard InChI is InChI=1S/C17H17ClN4O2S2/c1-3-8-22(10-12-6-7-14(18)26-12)15(23)11-25-17-20-19-16(21(17)2)13-5-4-9-24-13/h3-7,9H,1,8,10-11H2,2H3. The van der Waals surface area contributed by atoms with E-state index < -0.39 is 0 Å². The molecule has 6 nitrogen and oxygen atoms in total. The summed E-state index contributed by atoms with van der Waals surface area (Å²) in [6, 6.07) is 7.39. The molecule has 0 aromatic carbocycles. The molecule has 0 bridgehead atoms. The van der Waals surface area contributed by atoms with E-state index in [1.807, 2.05) is 29.8 Å². The first kappa shape index (κ1) is 18.8. The van der Waals surface area contributed by atoms with Crippen LogP contribution in [-0.4, -0.2) is 37.9 Å². The van der Waals surface area contributed by atoms with Crippen LogP contribution in [0.1, 0.15) is 4.88 Å². The first-order chi connectivity index (χ1) is 12.6. The van der Waals surface area contributed by atoms with Crippen molar-refractivity contribution >= 4 is 40.6 Å². The average molecular weight is 409 g/mol. The third-order valence-electron chi connectivity index (χ3n) is 3.58. The van der Waals surface area contributed by atoms with E-state index in [-0.39, 0.29) is 11.7 Å². The van der Waals surface area contributed by atoms with Gasteiger partial charge in [0.1, 0.15) is 0 Å². The molecular weight excluding hydrogens is 392 g/mol. The molecule has 0 saturated carbocycles. The molecule has 9 heteroatoms. The van der Waals surface area contributed by atoms with E-state index in [1.165, 1.54) is 23.1 Å². The Balaban J connectivity index is 1.64. The lowest BCUT2D eigenvalue weighted by molar-refractivity contribution is -0.128. The van der Waals surface area contributed by atoms with E-state index in [1.54, 1.807) is 23.3 Å². The fourth-order valence-electron chi connectivity index (χ4n) is 2.31. The Kier molecular flexibility index (Phi) is 6.18. The fourth-order valence-corrected chi connectivity index (χ4v) is 4.23. The van der Waals surface area contributed by atoms with E-state index in [0.29, 0.717) is 34.2 Å². The minimum Gasteiger partial charge on any atom is -0.461 e. The van der Waals surface area contributed by atoms with Gasteiger partial charge in [-0.05, 0) is 24.3 Å². The Bertz CT molecular complexity index is 889. The molecule has 136 valence electrons. The minimum atomic E-state index is 0.00183. The number of amides is 1. The molecule has 0 aliphatic carbocycles. The Morgan fingerprint density at radius 1 is 1.46 bits per heavy atom. The lowest BCUT2D eigenvalue weighted by Gasteiger charge is -2.20. The summed E-state index contributed by atoms with van der Waals surface area (Å²) in [5.74, 6) is 1.53. The van der Waals surface area contributed by atoms with Crippen LogP contribution in [0.5, 0.6) is 0 Å². The van der Waals surface area contributed by atoms with Gasteiger partial charge < -0.3 is 13.9 Å². The molecular formula is C17H17ClN4O2S2. The van der Waals surface area contributed by atoms with Gasteiger partial charge in [0.15, 0.2) is 16.7 Å². The monoisotopic (exact) mass is 408 g/mol. The molecule has 0 unspecified atom stereocenters.